The lowest BCUT2D eigenvalue weighted by molar-refractivity contribution is -0.288. The van der Waals surface area contributed by atoms with Gasteiger partial charge in [-0.25, -0.2) is 4.90 Å². The first-order valence-electron chi connectivity index (χ1n) is 18.3. The minimum atomic E-state index is -6.08. The number of alkyl halides is 6. The molecule has 1 N–H and O–H groups in total. The zero-order chi connectivity index (χ0) is 41.8. The van der Waals surface area contributed by atoms with Crippen LogP contribution in [0.15, 0.2) is 133 Å². The minimum Gasteiger partial charge on any atom is -0.388 e. The Balaban J connectivity index is 1.15. The highest BCUT2D eigenvalue weighted by atomic mass is 19.4. The highest BCUT2D eigenvalue weighted by Crippen LogP contribution is 2.58. The Bertz CT molecular complexity index is 2740. The molecule has 7 nitrogen and oxygen atoms in total. The van der Waals surface area contributed by atoms with Crippen molar-refractivity contribution >= 4 is 35.0 Å². The first kappa shape index (κ1) is 37.6. The Labute approximate surface area is 332 Å². The maximum absolute atomic E-state index is 15.2. The number of anilines is 2. The Morgan fingerprint density at radius 2 is 0.915 bits per heavy atom. The first-order chi connectivity index (χ1) is 28.1. The van der Waals surface area contributed by atoms with E-state index in [-0.39, 0.29) is 11.3 Å². The highest BCUT2D eigenvalue weighted by molar-refractivity contribution is 6.34. The van der Waals surface area contributed by atoms with Crippen molar-refractivity contribution in [3.63, 3.8) is 0 Å². The van der Waals surface area contributed by atoms with Crippen LogP contribution in [0.25, 0.3) is 11.1 Å². The molecule has 13 heteroatoms. The number of amides is 4. The van der Waals surface area contributed by atoms with Gasteiger partial charge in [-0.3, -0.25) is 24.1 Å². The van der Waals surface area contributed by atoms with Crippen molar-refractivity contribution in [1.82, 2.24) is 4.90 Å². The van der Waals surface area contributed by atoms with Crippen LogP contribution in [0.5, 0.6) is 0 Å². The van der Waals surface area contributed by atoms with E-state index in [9.17, 15) is 19.2 Å². The second-order valence-electron chi connectivity index (χ2n) is 14.6. The molecule has 0 atom stereocenters. The summed E-state index contributed by atoms with van der Waals surface area (Å²) < 4.78 is 91.2. The third-order valence-corrected chi connectivity index (χ3v) is 11.8. The van der Waals surface area contributed by atoms with Crippen LogP contribution < -0.4 is 10.2 Å². The number of benzene rings is 6. The van der Waals surface area contributed by atoms with Crippen LogP contribution >= 0.6 is 0 Å². The molecule has 9 rings (SSSR count). The van der Waals surface area contributed by atoms with Gasteiger partial charge in [-0.15, -0.1) is 0 Å². The van der Waals surface area contributed by atoms with Gasteiger partial charge in [0.1, 0.15) is 0 Å². The quantitative estimate of drug-likeness (QED) is 0.134. The van der Waals surface area contributed by atoms with Crippen LogP contribution in [0.1, 0.15) is 74.8 Å². The van der Waals surface area contributed by atoms with Gasteiger partial charge < -0.3 is 5.32 Å². The van der Waals surface area contributed by atoms with Crippen LogP contribution in [-0.2, 0) is 10.8 Å². The van der Waals surface area contributed by atoms with E-state index in [2.05, 4.69) is 5.32 Å². The van der Waals surface area contributed by atoms with Gasteiger partial charge in [0.25, 0.3) is 23.6 Å². The average Bonchev–Trinajstić information content (AvgIpc) is 3.75. The van der Waals surface area contributed by atoms with Crippen LogP contribution in [0.3, 0.4) is 0 Å². The number of hydrogen-bond acceptors (Lipinski definition) is 5. The topological polar surface area (TPSA) is 86.8 Å². The molecule has 0 spiro atoms. The summed E-state index contributed by atoms with van der Waals surface area (Å²) in [5, 5.41) is 3.13. The lowest BCUT2D eigenvalue weighted by Crippen LogP contribution is -2.55. The lowest BCUT2D eigenvalue weighted by Gasteiger charge is -2.38. The van der Waals surface area contributed by atoms with Gasteiger partial charge >= 0.3 is 12.4 Å². The van der Waals surface area contributed by atoms with Crippen molar-refractivity contribution in [3.05, 3.63) is 189 Å². The van der Waals surface area contributed by atoms with Gasteiger partial charge in [0.15, 0.2) is 0 Å². The second-order valence-corrected chi connectivity index (χ2v) is 14.6. The van der Waals surface area contributed by atoms with Crippen LogP contribution in [0.4, 0.5) is 37.7 Å². The molecule has 2 heterocycles. The SMILES string of the molecule is CNc1ccc(C2(c3ccc(N4C(=O)c5ccc(C(c6ccc7c(c6)C(=O)N(C)C7=O)(C(F)(F)F)C(F)(F)F)cc5C4=O)cc3)c3ccccc3-c3ccccc32)cc1. The van der Waals surface area contributed by atoms with E-state index in [1.807, 2.05) is 79.8 Å². The largest absolute Gasteiger partial charge is 0.411 e. The van der Waals surface area contributed by atoms with Crippen LogP contribution in [-0.4, -0.2) is 55.0 Å². The first-order valence-corrected chi connectivity index (χ1v) is 18.3. The molecule has 0 radical (unpaired) electrons. The third kappa shape index (κ3) is 4.96. The summed E-state index contributed by atoms with van der Waals surface area (Å²) >= 11 is 0. The van der Waals surface area contributed by atoms with Gasteiger partial charge in [0.2, 0.25) is 5.41 Å². The predicted octanol–water partition coefficient (Wildman–Crippen LogP) is 9.53. The van der Waals surface area contributed by atoms with E-state index in [1.54, 1.807) is 12.1 Å². The van der Waals surface area contributed by atoms with Crippen molar-refractivity contribution in [2.75, 3.05) is 24.3 Å². The Morgan fingerprint density at radius 3 is 1.41 bits per heavy atom. The minimum absolute atomic E-state index is 0.0468. The molecule has 2 aliphatic heterocycles. The molecule has 0 unspecified atom stereocenters. The number of hydrogen-bond donors (Lipinski definition) is 1. The van der Waals surface area contributed by atoms with Crippen molar-refractivity contribution < 1.29 is 45.5 Å². The van der Waals surface area contributed by atoms with Gasteiger partial charge in [0.05, 0.1) is 33.4 Å². The molecule has 4 amide bonds. The Morgan fingerprint density at radius 1 is 0.492 bits per heavy atom. The van der Waals surface area contributed by atoms with Gasteiger partial charge in [0, 0.05) is 19.8 Å². The number of nitrogens with one attached hydrogen (secondary N) is 1. The van der Waals surface area contributed by atoms with Crippen molar-refractivity contribution in [2.24, 2.45) is 0 Å². The van der Waals surface area contributed by atoms with E-state index in [0.717, 1.165) is 63.1 Å². The number of halogens is 6. The van der Waals surface area contributed by atoms with Gasteiger partial charge in [-0.2, -0.15) is 26.3 Å². The van der Waals surface area contributed by atoms with Crippen LogP contribution in [0.2, 0.25) is 0 Å². The molecule has 0 aromatic heterocycles. The van der Waals surface area contributed by atoms with E-state index in [0.29, 0.717) is 29.2 Å². The third-order valence-electron chi connectivity index (χ3n) is 11.8. The summed E-state index contributed by atoms with van der Waals surface area (Å²) in [6.45, 7) is 0. The van der Waals surface area contributed by atoms with E-state index in [1.165, 1.54) is 12.1 Å². The van der Waals surface area contributed by atoms with Crippen molar-refractivity contribution in [1.29, 1.82) is 0 Å². The molecule has 59 heavy (non-hydrogen) atoms. The van der Waals surface area contributed by atoms with Crippen molar-refractivity contribution in [3.8, 4) is 11.1 Å². The monoisotopic (exact) mass is 801 g/mol. The number of nitrogens with zero attached hydrogens (tertiary/aromatic N) is 2. The zero-order valence-electron chi connectivity index (χ0n) is 31.0. The number of imide groups is 2. The molecular weight excluding hydrogens is 773 g/mol. The standard InChI is InChI=1S/C46H29F6N3O4/c1-53-29-17-11-25(12-18-29)43(37-9-5-3-7-31(37)32-8-4-6-10-38(32)43)26-13-19-30(20-14-26)55-41(58)34-22-16-28(24-36(34)42(55)59)44(45(47,48)49,46(50,51)52)27-15-21-33-35(23-27)40(57)54(2)39(33)56/h3-24,53H,1-2H3. The molecule has 6 aromatic carbocycles. The molecule has 0 saturated carbocycles. The van der Waals surface area contributed by atoms with Crippen molar-refractivity contribution in [2.45, 2.75) is 23.2 Å². The normalized spacial score (nSPS) is 15.7. The molecule has 0 saturated heterocycles. The van der Waals surface area contributed by atoms with Crippen LogP contribution in [0, 0.1) is 0 Å². The van der Waals surface area contributed by atoms with E-state index >= 15 is 26.3 Å². The highest BCUT2D eigenvalue weighted by Gasteiger charge is 2.73. The molecule has 294 valence electrons. The maximum atomic E-state index is 15.2. The maximum Gasteiger partial charge on any atom is 0.411 e. The fourth-order valence-corrected chi connectivity index (χ4v) is 9.06. The molecule has 1 aliphatic carbocycles. The summed E-state index contributed by atoms with van der Waals surface area (Å²) in [4.78, 5) is 54.4. The van der Waals surface area contributed by atoms with Gasteiger partial charge in [-0.05, 0) is 93.0 Å². The van der Waals surface area contributed by atoms with E-state index < -0.39 is 74.6 Å². The fourth-order valence-electron chi connectivity index (χ4n) is 9.06. The average molecular weight is 802 g/mol. The molecule has 0 bridgehead atoms. The molecular formula is C46H29F6N3O4. The number of rotatable bonds is 6. The molecule has 3 aliphatic rings. The lowest BCUT2D eigenvalue weighted by atomic mass is 9.67. The number of carbonyl (C=O) groups excluding carboxylic acids is 4. The zero-order valence-corrected chi connectivity index (χ0v) is 31.0. The Kier molecular flexibility index (Phi) is 8.11. The molecule has 0 fully saturated rings. The summed E-state index contributed by atoms with van der Waals surface area (Å²) in [5.74, 6) is -4.01. The summed E-state index contributed by atoms with van der Waals surface area (Å²) in [6.07, 6.45) is -12.2. The smallest absolute Gasteiger partial charge is 0.388 e. The summed E-state index contributed by atoms with van der Waals surface area (Å²) in [6, 6.07) is 33.8. The Hall–Kier alpha value is -7.02. The number of fused-ring (bicyclic) bond motifs is 5. The second kappa shape index (κ2) is 12.7. The van der Waals surface area contributed by atoms with Gasteiger partial charge in [-0.1, -0.05) is 84.9 Å². The summed E-state index contributed by atoms with van der Waals surface area (Å²) in [7, 11) is 2.87. The van der Waals surface area contributed by atoms with E-state index in [4.69, 9.17) is 0 Å². The summed E-state index contributed by atoms with van der Waals surface area (Å²) in [5.41, 5.74) is -3.78. The predicted molar refractivity (Wildman–Crippen MR) is 207 cm³/mol. The number of carbonyl (C=O) groups is 4. The fraction of sp³-hybridized carbons (Fsp3) is 0.130. The molecule has 6 aromatic rings.